The molecule has 0 aliphatic heterocycles. The average Bonchev–Trinajstić information content (AvgIpc) is 2.64. The average molecular weight is 377 g/mol. The molecule has 0 saturated heterocycles. The topological polar surface area (TPSA) is 59.1 Å². The van der Waals surface area contributed by atoms with E-state index in [0.717, 1.165) is 6.29 Å². The molecule has 0 saturated carbocycles. The second-order valence-corrected chi connectivity index (χ2v) is 7.25. The van der Waals surface area contributed by atoms with Crippen LogP contribution in [0.3, 0.4) is 0 Å². The molecule has 1 heterocycles. The fourth-order valence-electron chi connectivity index (χ4n) is 2.59. The number of hydrogen-bond donors (Lipinski definition) is 1. The van der Waals surface area contributed by atoms with E-state index < -0.39 is 17.0 Å². The smallest absolute Gasteiger partial charge is 0.199 e. The minimum Gasteiger partial charge on any atom is -0.309 e. The largest absolute Gasteiger partial charge is 0.309 e. The molecule has 2 rings (SSSR count). The van der Waals surface area contributed by atoms with Gasteiger partial charge in [0, 0.05) is 41.5 Å². The van der Waals surface area contributed by atoms with Crippen LogP contribution in [-0.4, -0.2) is 23.6 Å². The first-order chi connectivity index (χ1) is 12.3. The van der Waals surface area contributed by atoms with Crippen LogP contribution in [0.25, 0.3) is 0 Å². The Kier molecular flexibility index (Phi) is 6.62. The van der Waals surface area contributed by atoms with Crippen LogP contribution in [0.1, 0.15) is 54.7 Å². The number of rotatable bonds is 8. The standard InChI is InChI=1S/C20H22ClFN2O2/c1-4-16(24-11-20(2,3)12-25)14-7-8-15(21)17(18(14)22)19(26)13-6-5-9-23-10-13/h5-10,12,16,24H,4,11H2,1-3H3/t16-/m1/s1. The lowest BCUT2D eigenvalue weighted by molar-refractivity contribution is -0.114. The normalized spacial score (nSPS) is 12.7. The minimum absolute atomic E-state index is 0.0585. The highest BCUT2D eigenvalue weighted by Crippen LogP contribution is 2.30. The molecule has 0 radical (unpaired) electrons. The van der Waals surface area contributed by atoms with E-state index in [4.69, 9.17) is 11.6 Å². The zero-order chi connectivity index (χ0) is 19.3. The first kappa shape index (κ1) is 20.2. The Balaban J connectivity index is 2.39. The molecule has 0 amide bonds. The fraction of sp³-hybridized carbons (Fsp3) is 0.350. The van der Waals surface area contributed by atoms with E-state index in [0.29, 0.717) is 18.5 Å². The number of carbonyl (C=O) groups excluding carboxylic acids is 2. The Labute approximate surface area is 157 Å². The van der Waals surface area contributed by atoms with Gasteiger partial charge in [-0.3, -0.25) is 9.78 Å². The maximum absolute atomic E-state index is 15.2. The molecule has 138 valence electrons. The molecule has 0 spiro atoms. The first-order valence-corrected chi connectivity index (χ1v) is 8.81. The number of pyridine rings is 1. The molecular formula is C20H22ClFN2O2. The lowest BCUT2D eigenvalue weighted by Crippen LogP contribution is -2.33. The molecule has 2 aromatic rings. The third kappa shape index (κ3) is 4.54. The van der Waals surface area contributed by atoms with Crippen molar-refractivity contribution in [3.05, 3.63) is 64.2 Å². The van der Waals surface area contributed by atoms with Gasteiger partial charge in [0.2, 0.25) is 0 Å². The summed E-state index contributed by atoms with van der Waals surface area (Å²) in [6.45, 7) is 5.90. The number of nitrogens with one attached hydrogen (secondary N) is 1. The van der Waals surface area contributed by atoms with Gasteiger partial charge in [-0.15, -0.1) is 0 Å². The summed E-state index contributed by atoms with van der Waals surface area (Å²) in [6.07, 6.45) is 4.38. The van der Waals surface area contributed by atoms with Crippen LogP contribution < -0.4 is 5.32 Å². The van der Waals surface area contributed by atoms with Crippen molar-refractivity contribution in [1.29, 1.82) is 0 Å². The van der Waals surface area contributed by atoms with E-state index >= 15 is 4.39 Å². The van der Waals surface area contributed by atoms with Gasteiger partial charge in [-0.25, -0.2) is 4.39 Å². The van der Waals surface area contributed by atoms with E-state index in [9.17, 15) is 9.59 Å². The van der Waals surface area contributed by atoms with Gasteiger partial charge in [-0.1, -0.05) is 38.4 Å². The quantitative estimate of drug-likeness (QED) is 0.549. The van der Waals surface area contributed by atoms with Crippen LogP contribution in [-0.2, 0) is 4.79 Å². The molecule has 1 aromatic heterocycles. The number of aromatic nitrogens is 1. The summed E-state index contributed by atoms with van der Waals surface area (Å²) < 4.78 is 15.2. The van der Waals surface area contributed by atoms with Crippen molar-refractivity contribution in [1.82, 2.24) is 10.3 Å². The SMILES string of the molecule is CC[C@@H](NCC(C)(C)C=O)c1ccc(Cl)c(C(=O)c2cccnc2)c1F. The van der Waals surface area contributed by atoms with Crippen LogP contribution in [0.2, 0.25) is 5.02 Å². The zero-order valence-corrected chi connectivity index (χ0v) is 15.8. The summed E-state index contributed by atoms with van der Waals surface area (Å²) in [6, 6.07) is 5.94. The maximum atomic E-state index is 15.2. The summed E-state index contributed by atoms with van der Waals surface area (Å²) >= 11 is 6.12. The van der Waals surface area contributed by atoms with Crippen molar-refractivity contribution in [3.8, 4) is 0 Å². The van der Waals surface area contributed by atoms with Crippen molar-refractivity contribution in [2.24, 2.45) is 5.41 Å². The van der Waals surface area contributed by atoms with Crippen LogP contribution >= 0.6 is 11.6 Å². The number of benzene rings is 1. The molecule has 0 fully saturated rings. The zero-order valence-electron chi connectivity index (χ0n) is 15.1. The fourth-order valence-corrected chi connectivity index (χ4v) is 2.82. The maximum Gasteiger partial charge on any atom is 0.199 e. The molecule has 0 aliphatic carbocycles. The van der Waals surface area contributed by atoms with Gasteiger partial charge in [-0.2, -0.15) is 0 Å². The van der Waals surface area contributed by atoms with E-state index in [1.807, 2.05) is 6.92 Å². The molecular weight excluding hydrogens is 355 g/mol. The molecule has 4 nitrogen and oxygen atoms in total. The molecule has 1 N–H and O–H groups in total. The first-order valence-electron chi connectivity index (χ1n) is 8.43. The number of ketones is 1. The number of hydrogen-bond acceptors (Lipinski definition) is 4. The lowest BCUT2D eigenvalue weighted by atomic mass is 9.93. The summed E-state index contributed by atoms with van der Waals surface area (Å²) in [4.78, 5) is 27.7. The van der Waals surface area contributed by atoms with Crippen molar-refractivity contribution < 1.29 is 14.0 Å². The summed E-state index contributed by atoms with van der Waals surface area (Å²) in [7, 11) is 0. The Morgan fingerprint density at radius 3 is 2.69 bits per heavy atom. The molecule has 0 aliphatic rings. The summed E-state index contributed by atoms with van der Waals surface area (Å²) in [5.41, 5.74) is -0.100. The van der Waals surface area contributed by atoms with Crippen LogP contribution in [0.5, 0.6) is 0 Å². The second kappa shape index (κ2) is 8.52. The molecule has 1 atom stereocenters. The van der Waals surface area contributed by atoms with Crippen molar-refractivity contribution in [2.75, 3.05) is 6.54 Å². The highest BCUT2D eigenvalue weighted by molar-refractivity contribution is 6.35. The highest BCUT2D eigenvalue weighted by Gasteiger charge is 2.25. The predicted molar refractivity (Wildman–Crippen MR) is 100.0 cm³/mol. The molecule has 1 aromatic carbocycles. The van der Waals surface area contributed by atoms with Gasteiger partial charge in [0.1, 0.15) is 12.1 Å². The van der Waals surface area contributed by atoms with Gasteiger partial charge >= 0.3 is 0 Å². The third-order valence-corrected chi connectivity index (χ3v) is 4.49. The summed E-state index contributed by atoms with van der Waals surface area (Å²) in [5.74, 6) is -1.15. The van der Waals surface area contributed by atoms with E-state index in [1.54, 1.807) is 32.0 Å². The van der Waals surface area contributed by atoms with Crippen LogP contribution in [0.15, 0.2) is 36.7 Å². The van der Waals surface area contributed by atoms with E-state index in [-0.39, 0.29) is 22.2 Å². The van der Waals surface area contributed by atoms with Crippen LogP contribution in [0, 0.1) is 11.2 Å². The molecule has 0 unspecified atom stereocenters. The van der Waals surface area contributed by atoms with Gasteiger partial charge < -0.3 is 10.1 Å². The Morgan fingerprint density at radius 1 is 1.38 bits per heavy atom. The highest BCUT2D eigenvalue weighted by atomic mass is 35.5. The number of aldehydes is 1. The molecule has 26 heavy (non-hydrogen) atoms. The third-order valence-electron chi connectivity index (χ3n) is 4.18. The van der Waals surface area contributed by atoms with Crippen LogP contribution in [0.4, 0.5) is 4.39 Å². The van der Waals surface area contributed by atoms with Gasteiger partial charge in [-0.05, 0) is 24.6 Å². The predicted octanol–water partition coefficient (Wildman–Crippen LogP) is 4.37. The molecule has 0 bridgehead atoms. The Morgan fingerprint density at radius 2 is 2.12 bits per heavy atom. The van der Waals surface area contributed by atoms with Gasteiger partial charge in [0.15, 0.2) is 5.78 Å². The minimum atomic E-state index is -0.644. The van der Waals surface area contributed by atoms with Gasteiger partial charge in [0.25, 0.3) is 0 Å². The van der Waals surface area contributed by atoms with Crippen molar-refractivity contribution in [3.63, 3.8) is 0 Å². The molecule has 6 heteroatoms. The summed E-state index contributed by atoms with van der Waals surface area (Å²) in [5, 5.41) is 3.26. The van der Waals surface area contributed by atoms with E-state index in [2.05, 4.69) is 10.3 Å². The number of nitrogens with zero attached hydrogens (tertiary/aromatic N) is 1. The number of halogens is 2. The van der Waals surface area contributed by atoms with Crippen molar-refractivity contribution in [2.45, 2.75) is 33.2 Å². The van der Waals surface area contributed by atoms with Crippen molar-refractivity contribution >= 4 is 23.7 Å². The lowest BCUT2D eigenvalue weighted by Gasteiger charge is -2.24. The van der Waals surface area contributed by atoms with E-state index in [1.165, 1.54) is 18.5 Å². The van der Waals surface area contributed by atoms with Gasteiger partial charge in [0.05, 0.1) is 10.6 Å². The monoisotopic (exact) mass is 376 g/mol. The Bertz CT molecular complexity index is 794. The number of carbonyl (C=O) groups is 2. The Hall–Kier alpha value is -2.11. The second-order valence-electron chi connectivity index (χ2n) is 6.84.